The summed E-state index contributed by atoms with van der Waals surface area (Å²) < 4.78 is 5.98. The summed E-state index contributed by atoms with van der Waals surface area (Å²) in [5, 5.41) is 17.7. The van der Waals surface area contributed by atoms with Crippen LogP contribution in [0.4, 0.5) is 0 Å². The first-order chi connectivity index (χ1) is 10.2. The minimum Gasteiger partial charge on any atom is -0.389 e. The first-order valence-electron chi connectivity index (χ1n) is 8.25. The number of aliphatic hydroxyl groups excluding tert-OH is 1. The van der Waals surface area contributed by atoms with Crippen LogP contribution >= 0.6 is 11.3 Å². The second kappa shape index (κ2) is 8.89. The molecule has 1 aromatic heterocycles. The highest BCUT2D eigenvalue weighted by molar-refractivity contribution is 7.07. The van der Waals surface area contributed by atoms with Crippen LogP contribution in [0.1, 0.15) is 57.6 Å². The van der Waals surface area contributed by atoms with Crippen molar-refractivity contribution in [2.75, 3.05) is 13.2 Å². The molecule has 0 radical (unpaired) electrons. The Kier molecular flexibility index (Phi) is 7.17. The summed E-state index contributed by atoms with van der Waals surface area (Å²) in [5.74, 6) is 0.684. The van der Waals surface area contributed by atoms with Crippen molar-refractivity contribution in [2.24, 2.45) is 5.92 Å². The summed E-state index contributed by atoms with van der Waals surface area (Å²) in [6.07, 6.45) is 6.16. The molecule has 1 heterocycles. The molecule has 1 aromatic rings. The van der Waals surface area contributed by atoms with Crippen molar-refractivity contribution in [2.45, 2.75) is 64.2 Å². The maximum Gasteiger partial charge on any atom is 0.0898 e. The highest BCUT2D eigenvalue weighted by Crippen LogP contribution is 2.29. The van der Waals surface area contributed by atoms with Gasteiger partial charge in [-0.1, -0.05) is 26.2 Å². The molecule has 1 aliphatic carbocycles. The normalized spacial score (nSPS) is 25.7. The zero-order valence-electron chi connectivity index (χ0n) is 13.3. The third-order valence-corrected chi connectivity index (χ3v) is 5.27. The molecule has 1 saturated carbocycles. The Balaban J connectivity index is 1.66. The van der Waals surface area contributed by atoms with Gasteiger partial charge in [0.25, 0.3) is 0 Å². The van der Waals surface area contributed by atoms with E-state index in [1.54, 1.807) is 11.3 Å². The molecule has 120 valence electrons. The Hall–Kier alpha value is -0.420. The van der Waals surface area contributed by atoms with Gasteiger partial charge in [-0.25, -0.2) is 0 Å². The molecule has 2 rings (SSSR count). The Morgan fingerprint density at radius 2 is 2.24 bits per heavy atom. The fraction of sp³-hybridized carbons (Fsp3) is 0.765. The lowest BCUT2D eigenvalue weighted by atomic mass is 9.85. The SMILES string of the molecule is CCC1CCCCC1OCC(O)CNC(C)c1ccsc1. The second-order valence-electron chi connectivity index (χ2n) is 6.17. The van der Waals surface area contributed by atoms with Gasteiger partial charge >= 0.3 is 0 Å². The molecule has 4 atom stereocenters. The van der Waals surface area contributed by atoms with Crippen molar-refractivity contribution in [1.82, 2.24) is 5.32 Å². The van der Waals surface area contributed by atoms with Crippen molar-refractivity contribution in [3.8, 4) is 0 Å². The first kappa shape index (κ1) is 16.9. The fourth-order valence-electron chi connectivity index (χ4n) is 3.11. The average molecular weight is 311 g/mol. The number of ether oxygens (including phenoxy) is 1. The van der Waals surface area contributed by atoms with E-state index in [9.17, 15) is 5.11 Å². The number of hydrogen-bond donors (Lipinski definition) is 2. The summed E-state index contributed by atoms with van der Waals surface area (Å²) >= 11 is 1.71. The van der Waals surface area contributed by atoms with E-state index in [0.717, 1.165) is 6.42 Å². The maximum absolute atomic E-state index is 10.1. The van der Waals surface area contributed by atoms with E-state index >= 15 is 0 Å². The van der Waals surface area contributed by atoms with Crippen molar-refractivity contribution >= 4 is 11.3 Å². The number of hydrogen-bond acceptors (Lipinski definition) is 4. The zero-order valence-corrected chi connectivity index (χ0v) is 14.1. The minimum absolute atomic E-state index is 0.281. The summed E-state index contributed by atoms with van der Waals surface area (Å²) in [6, 6.07) is 2.41. The fourth-order valence-corrected chi connectivity index (χ4v) is 3.86. The summed E-state index contributed by atoms with van der Waals surface area (Å²) in [4.78, 5) is 0. The summed E-state index contributed by atoms with van der Waals surface area (Å²) in [6.45, 7) is 5.40. The van der Waals surface area contributed by atoms with E-state index in [0.29, 0.717) is 25.2 Å². The molecule has 1 aliphatic rings. The van der Waals surface area contributed by atoms with Gasteiger partial charge in [0.2, 0.25) is 0 Å². The van der Waals surface area contributed by atoms with Gasteiger partial charge in [-0.15, -0.1) is 0 Å². The highest BCUT2D eigenvalue weighted by Gasteiger charge is 2.24. The standard InChI is InChI=1S/C17H29NO2S/c1-3-14-6-4-5-7-17(14)20-11-16(19)10-18-13(2)15-8-9-21-12-15/h8-9,12-14,16-19H,3-7,10-11H2,1-2H3. The van der Waals surface area contributed by atoms with Gasteiger partial charge in [0, 0.05) is 12.6 Å². The van der Waals surface area contributed by atoms with Crippen LogP contribution in [-0.2, 0) is 4.74 Å². The molecule has 4 heteroatoms. The maximum atomic E-state index is 10.1. The van der Waals surface area contributed by atoms with Crippen molar-refractivity contribution < 1.29 is 9.84 Å². The number of nitrogens with one attached hydrogen (secondary N) is 1. The quantitative estimate of drug-likeness (QED) is 0.768. The van der Waals surface area contributed by atoms with E-state index in [4.69, 9.17) is 4.74 Å². The van der Waals surface area contributed by atoms with E-state index in [1.807, 2.05) is 0 Å². The molecule has 0 amide bonds. The lowest BCUT2D eigenvalue weighted by Gasteiger charge is -2.31. The molecule has 1 fully saturated rings. The molecule has 0 saturated heterocycles. The van der Waals surface area contributed by atoms with Gasteiger partial charge < -0.3 is 15.2 Å². The summed E-state index contributed by atoms with van der Waals surface area (Å²) in [5.41, 5.74) is 1.28. The largest absolute Gasteiger partial charge is 0.389 e. The van der Waals surface area contributed by atoms with E-state index in [-0.39, 0.29) is 6.04 Å². The van der Waals surface area contributed by atoms with Crippen LogP contribution in [-0.4, -0.2) is 30.5 Å². The first-order valence-corrected chi connectivity index (χ1v) is 9.20. The topological polar surface area (TPSA) is 41.5 Å². The van der Waals surface area contributed by atoms with Gasteiger partial charge in [0.1, 0.15) is 0 Å². The third kappa shape index (κ3) is 5.37. The number of rotatable bonds is 8. The van der Waals surface area contributed by atoms with Gasteiger partial charge in [0.15, 0.2) is 0 Å². The third-order valence-electron chi connectivity index (χ3n) is 4.57. The van der Waals surface area contributed by atoms with Crippen molar-refractivity contribution in [3.05, 3.63) is 22.4 Å². The molecular formula is C17H29NO2S. The minimum atomic E-state index is -0.425. The van der Waals surface area contributed by atoms with Crippen LogP contribution in [0.25, 0.3) is 0 Å². The second-order valence-corrected chi connectivity index (χ2v) is 6.95. The number of aliphatic hydroxyl groups is 1. The van der Waals surface area contributed by atoms with Gasteiger partial charge in [-0.05, 0) is 48.1 Å². The lowest BCUT2D eigenvalue weighted by molar-refractivity contribution is -0.0502. The predicted octanol–water partition coefficient (Wildman–Crippen LogP) is 3.75. The van der Waals surface area contributed by atoms with Gasteiger partial charge in [-0.2, -0.15) is 11.3 Å². The molecule has 0 aromatic carbocycles. The monoisotopic (exact) mass is 311 g/mol. The van der Waals surface area contributed by atoms with E-state index in [1.165, 1.54) is 31.2 Å². The van der Waals surface area contributed by atoms with E-state index < -0.39 is 6.10 Å². The molecule has 2 N–H and O–H groups in total. The lowest BCUT2D eigenvalue weighted by Crippen LogP contribution is -2.35. The Bertz CT molecular complexity index is 382. The molecule has 0 spiro atoms. The Labute approximate surface area is 132 Å². The summed E-state index contributed by atoms with van der Waals surface area (Å²) in [7, 11) is 0. The van der Waals surface area contributed by atoms with Crippen molar-refractivity contribution in [3.63, 3.8) is 0 Å². The molecule has 0 aliphatic heterocycles. The van der Waals surface area contributed by atoms with Gasteiger partial charge in [-0.3, -0.25) is 0 Å². The molecule has 3 nitrogen and oxygen atoms in total. The number of thiophene rings is 1. The van der Waals surface area contributed by atoms with Crippen LogP contribution in [0.15, 0.2) is 16.8 Å². The Morgan fingerprint density at radius 1 is 1.43 bits per heavy atom. The molecule has 0 bridgehead atoms. The van der Waals surface area contributed by atoms with Crippen LogP contribution in [0.2, 0.25) is 0 Å². The van der Waals surface area contributed by atoms with Crippen molar-refractivity contribution in [1.29, 1.82) is 0 Å². The molecular weight excluding hydrogens is 282 g/mol. The van der Waals surface area contributed by atoms with Crippen LogP contribution < -0.4 is 5.32 Å². The van der Waals surface area contributed by atoms with Crippen LogP contribution in [0.5, 0.6) is 0 Å². The predicted molar refractivity (Wildman–Crippen MR) is 88.7 cm³/mol. The molecule has 4 unspecified atom stereocenters. The van der Waals surface area contributed by atoms with E-state index in [2.05, 4.69) is 36.0 Å². The smallest absolute Gasteiger partial charge is 0.0898 e. The molecule has 21 heavy (non-hydrogen) atoms. The average Bonchev–Trinajstić information content (AvgIpc) is 3.05. The highest BCUT2D eigenvalue weighted by atomic mass is 32.1. The van der Waals surface area contributed by atoms with Gasteiger partial charge in [0.05, 0.1) is 18.8 Å². The van der Waals surface area contributed by atoms with Crippen LogP contribution in [0, 0.1) is 5.92 Å². The van der Waals surface area contributed by atoms with Crippen LogP contribution in [0.3, 0.4) is 0 Å². The zero-order chi connectivity index (χ0) is 15.1. The Morgan fingerprint density at radius 3 is 2.95 bits per heavy atom.